The van der Waals surface area contributed by atoms with E-state index in [1.807, 2.05) is 42.5 Å². The standard InChI is InChI=1S/C30H32FN5O2S/c1-2-9-34-10-12-35(13-11-34)27-6-4-22(20-25(27)31)23-7-8-32-26-5-3-21(18-24(23)26)19-28-29(37)33-30(39-28)36-14-16-38-17-15-36/h3-8,18-20H,2,9-17H2,1H3. The van der Waals surface area contributed by atoms with E-state index in [-0.39, 0.29) is 11.7 Å². The van der Waals surface area contributed by atoms with Crippen molar-refractivity contribution in [1.82, 2.24) is 14.8 Å². The first-order chi connectivity index (χ1) is 19.1. The van der Waals surface area contributed by atoms with Gasteiger partial charge in [-0.15, -0.1) is 0 Å². The highest BCUT2D eigenvalue weighted by Gasteiger charge is 2.27. The Balaban J connectivity index is 1.24. The number of amides is 1. The van der Waals surface area contributed by atoms with Crippen LogP contribution in [-0.2, 0) is 9.53 Å². The Kier molecular flexibility index (Phi) is 7.63. The molecule has 6 rings (SSSR count). The smallest absolute Gasteiger partial charge is 0.286 e. The Morgan fingerprint density at radius 1 is 1.00 bits per heavy atom. The monoisotopic (exact) mass is 545 g/mol. The van der Waals surface area contributed by atoms with Gasteiger partial charge in [0.1, 0.15) is 5.82 Å². The molecule has 0 unspecified atom stereocenters. The summed E-state index contributed by atoms with van der Waals surface area (Å²) in [5.74, 6) is -0.429. The third kappa shape index (κ3) is 5.57. The molecule has 0 N–H and O–H groups in total. The number of thioether (sulfide) groups is 1. The van der Waals surface area contributed by atoms with Crippen molar-refractivity contribution in [2.75, 3.05) is 63.9 Å². The number of amidine groups is 1. The van der Waals surface area contributed by atoms with Gasteiger partial charge in [0.2, 0.25) is 0 Å². The lowest BCUT2D eigenvalue weighted by molar-refractivity contribution is -0.113. The lowest BCUT2D eigenvalue weighted by Gasteiger charge is -2.36. The average molecular weight is 546 g/mol. The Labute approximate surface area is 232 Å². The summed E-state index contributed by atoms with van der Waals surface area (Å²) < 4.78 is 20.8. The molecule has 2 fully saturated rings. The van der Waals surface area contributed by atoms with Gasteiger partial charge in [-0.3, -0.25) is 14.7 Å². The Morgan fingerprint density at radius 3 is 2.59 bits per heavy atom. The number of pyridine rings is 1. The highest BCUT2D eigenvalue weighted by atomic mass is 32.2. The maximum Gasteiger partial charge on any atom is 0.286 e. The minimum Gasteiger partial charge on any atom is -0.378 e. The summed E-state index contributed by atoms with van der Waals surface area (Å²) in [6.45, 7) is 9.64. The first-order valence-electron chi connectivity index (χ1n) is 13.6. The number of morpholine rings is 1. The summed E-state index contributed by atoms with van der Waals surface area (Å²) in [7, 11) is 0. The third-order valence-electron chi connectivity index (χ3n) is 7.47. The zero-order valence-electron chi connectivity index (χ0n) is 22.1. The minimum absolute atomic E-state index is 0.208. The summed E-state index contributed by atoms with van der Waals surface area (Å²) in [6.07, 6.45) is 4.77. The molecule has 0 spiro atoms. The molecule has 0 atom stereocenters. The molecule has 3 aliphatic heterocycles. The van der Waals surface area contributed by atoms with Crippen molar-refractivity contribution in [1.29, 1.82) is 0 Å². The number of rotatable bonds is 5. The fourth-order valence-electron chi connectivity index (χ4n) is 5.40. The van der Waals surface area contributed by atoms with E-state index >= 15 is 4.39 Å². The van der Waals surface area contributed by atoms with E-state index in [1.165, 1.54) is 11.8 Å². The minimum atomic E-state index is -0.221. The van der Waals surface area contributed by atoms with E-state index in [0.29, 0.717) is 23.8 Å². The number of ether oxygens (including phenoxy) is 1. The zero-order chi connectivity index (χ0) is 26.8. The molecule has 0 aliphatic carbocycles. The van der Waals surface area contributed by atoms with Gasteiger partial charge in [-0.25, -0.2) is 4.39 Å². The number of aliphatic imine (C=N–C) groups is 1. The quantitative estimate of drug-likeness (QED) is 0.424. The molecule has 9 heteroatoms. The van der Waals surface area contributed by atoms with Crippen molar-refractivity contribution in [3.05, 3.63) is 64.9 Å². The molecule has 4 heterocycles. The highest BCUT2D eigenvalue weighted by molar-refractivity contribution is 8.18. The second-order valence-electron chi connectivity index (χ2n) is 10.0. The second-order valence-corrected chi connectivity index (χ2v) is 11.0. The maximum atomic E-state index is 15.4. The predicted molar refractivity (Wildman–Crippen MR) is 156 cm³/mol. The number of nitrogens with zero attached hydrogens (tertiary/aromatic N) is 5. The normalized spacial score (nSPS) is 19.8. The summed E-state index contributed by atoms with van der Waals surface area (Å²) in [4.78, 5) is 28.7. The molecular formula is C30H32FN5O2S. The number of halogens is 1. The molecule has 1 aromatic heterocycles. The van der Waals surface area contributed by atoms with Crippen molar-refractivity contribution in [3.63, 3.8) is 0 Å². The SMILES string of the molecule is CCCN1CCN(c2ccc(-c3ccnc4ccc(C=C5SC(N6CCOCC6)=NC5=O)cc34)cc2F)CC1. The van der Waals surface area contributed by atoms with Gasteiger partial charge in [0.15, 0.2) is 5.17 Å². The van der Waals surface area contributed by atoms with E-state index in [2.05, 4.69) is 31.6 Å². The molecular weight excluding hydrogens is 513 g/mol. The number of carbonyl (C=O) groups excluding carboxylic acids is 1. The van der Waals surface area contributed by atoms with E-state index in [0.717, 1.165) is 85.0 Å². The second kappa shape index (κ2) is 11.5. The fraction of sp³-hybridized carbons (Fsp3) is 0.367. The average Bonchev–Trinajstić information content (AvgIpc) is 3.33. The van der Waals surface area contributed by atoms with E-state index in [9.17, 15) is 4.79 Å². The van der Waals surface area contributed by atoms with Crippen LogP contribution in [0.5, 0.6) is 0 Å². The Bertz CT molecular complexity index is 1440. The number of piperazine rings is 1. The molecule has 0 radical (unpaired) electrons. The molecule has 2 saturated heterocycles. The number of aromatic nitrogens is 1. The van der Waals surface area contributed by atoms with E-state index in [1.54, 1.807) is 12.3 Å². The number of benzene rings is 2. The zero-order valence-corrected chi connectivity index (χ0v) is 22.9. The topological polar surface area (TPSA) is 61.3 Å². The van der Waals surface area contributed by atoms with Gasteiger partial charge >= 0.3 is 0 Å². The van der Waals surface area contributed by atoms with E-state index < -0.39 is 0 Å². The maximum absolute atomic E-state index is 15.4. The van der Waals surface area contributed by atoms with Crippen LogP contribution >= 0.6 is 11.8 Å². The van der Waals surface area contributed by atoms with Gasteiger partial charge in [-0.1, -0.05) is 19.1 Å². The van der Waals surface area contributed by atoms with Crippen LogP contribution in [0.3, 0.4) is 0 Å². The highest BCUT2D eigenvalue weighted by Crippen LogP contribution is 2.34. The molecule has 1 amide bonds. The largest absolute Gasteiger partial charge is 0.378 e. The number of anilines is 1. The van der Waals surface area contributed by atoms with Crippen molar-refractivity contribution >= 4 is 45.5 Å². The molecule has 7 nitrogen and oxygen atoms in total. The number of carbonyl (C=O) groups is 1. The van der Waals surface area contributed by atoms with Gasteiger partial charge < -0.3 is 14.5 Å². The summed E-state index contributed by atoms with van der Waals surface area (Å²) >= 11 is 1.40. The number of hydrogen-bond acceptors (Lipinski definition) is 7. The van der Waals surface area contributed by atoms with Crippen LogP contribution in [0.1, 0.15) is 18.9 Å². The van der Waals surface area contributed by atoms with Crippen LogP contribution in [0.4, 0.5) is 10.1 Å². The van der Waals surface area contributed by atoms with Crippen LogP contribution in [0, 0.1) is 5.82 Å². The van der Waals surface area contributed by atoms with Crippen LogP contribution in [0.15, 0.2) is 58.6 Å². The van der Waals surface area contributed by atoms with Crippen molar-refractivity contribution in [2.45, 2.75) is 13.3 Å². The molecule has 202 valence electrons. The van der Waals surface area contributed by atoms with E-state index in [4.69, 9.17) is 4.74 Å². The fourth-order valence-corrected chi connectivity index (χ4v) is 6.37. The van der Waals surface area contributed by atoms with Crippen LogP contribution in [-0.4, -0.2) is 84.9 Å². The van der Waals surface area contributed by atoms with Gasteiger partial charge in [-0.05, 0) is 77.8 Å². The first-order valence-corrected chi connectivity index (χ1v) is 14.4. The molecule has 0 bridgehead atoms. The van der Waals surface area contributed by atoms with Gasteiger partial charge in [-0.2, -0.15) is 4.99 Å². The first kappa shape index (κ1) is 26.0. The van der Waals surface area contributed by atoms with Crippen LogP contribution in [0.25, 0.3) is 28.1 Å². The molecule has 3 aliphatic rings. The third-order valence-corrected chi connectivity index (χ3v) is 8.51. The summed E-state index contributed by atoms with van der Waals surface area (Å²) in [5.41, 5.74) is 4.08. The summed E-state index contributed by atoms with van der Waals surface area (Å²) in [5, 5.41) is 1.65. The molecule has 0 saturated carbocycles. The lowest BCUT2D eigenvalue weighted by Crippen LogP contribution is -2.46. The van der Waals surface area contributed by atoms with Crippen molar-refractivity contribution in [3.8, 4) is 11.1 Å². The van der Waals surface area contributed by atoms with Gasteiger partial charge in [0.05, 0.1) is 29.3 Å². The number of fused-ring (bicyclic) bond motifs is 1. The van der Waals surface area contributed by atoms with Crippen LogP contribution in [0.2, 0.25) is 0 Å². The van der Waals surface area contributed by atoms with Crippen molar-refractivity contribution in [2.24, 2.45) is 4.99 Å². The summed E-state index contributed by atoms with van der Waals surface area (Å²) in [6, 6.07) is 13.4. The van der Waals surface area contributed by atoms with Gasteiger partial charge in [0.25, 0.3) is 5.91 Å². The molecule has 39 heavy (non-hydrogen) atoms. The molecule has 3 aromatic rings. The Morgan fingerprint density at radius 2 is 1.82 bits per heavy atom. The molecule has 2 aromatic carbocycles. The predicted octanol–water partition coefficient (Wildman–Crippen LogP) is 4.88. The van der Waals surface area contributed by atoms with Crippen LogP contribution < -0.4 is 4.90 Å². The Hall–Kier alpha value is -3.27. The lowest BCUT2D eigenvalue weighted by atomic mass is 9.99. The van der Waals surface area contributed by atoms with Gasteiger partial charge in [0, 0.05) is 50.9 Å². The van der Waals surface area contributed by atoms with Crippen molar-refractivity contribution < 1.29 is 13.9 Å². The number of hydrogen-bond donors (Lipinski definition) is 0.